The maximum Gasteiger partial charge on any atom is 0.287 e. The summed E-state index contributed by atoms with van der Waals surface area (Å²) < 4.78 is 0.100. The summed E-state index contributed by atoms with van der Waals surface area (Å²) in [5, 5.41) is 25.8. The predicted octanol–water partition coefficient (Wildman–Crippen LogP) is 2.88. The van der Waals surface area contributed by atoms with E-state index >= 15 is 0 Å². The van der Waals surface area contributed by atoms with Gasteiger partial charge in [0, 0.05) is 30.3 Å². The van der Waals surface area contributed by atoms with Gasteiger partial charge in [0.15, 0.2) is 4.32 Å². The molecule has 150 valence electrons. The number of carbonyl (C=O) groups is 2. The van der Waals surface area contributed by atoms with Gasteiger partial charge in [0.25, 0.3) is 17.5 Å². The van der Waals surface area contributed by atoms with Gasteiger partial charge in [0.2, 0.25) is 0 Å². The number of aromatic hydroxyl groups is 1. The molecular formula is C19H12N4O5S2. The van der Waals surface area contributed by atoms with Crippen molar-refractivity contribution in [3.63, 3.8) is 0 Å². The van der Waals surface area contributed by atoms with E-state index in [-0.39, 0.29) is 37.7 Å². The van der Waals surface area contributed by atoms with E-state index in [0.29, 0.717) is 11.3 Å². The van der Waals surface area contributed by atoms with Crippen LogP contribution >= 0.6 is 24.0 Å². The number of nitro benzene ring substituents is 1. The molecule has 2 aromatic rings. The van der Waals surface area contributed by atoms with Crippen LogP contribution in [0.15, 0.2) is 52.5 Å². The lowest BCUT2D eigenvalue weighted by atomic mass is 10.1. The van der Waals surface area contributed by atoms with Gasteiger partial charge in [-0.25, -0.2) is 0 Å². The van der Waals surface area contributed by atoms with Gasteiger partial charge in [-0.1, -0.05) is 30.0 Å². The highest BCUT2D eigenvalue weighted by atomic mass is 32.2. The number of hydrogen-bond donors (Lipinski definition) is 1. The first-order chi connectivity index (χ1) is 14.3. The van der Waals surface area contributed by atoms with Gasteiger partial charge < -0.3 is 10.0 Å². The highest BCUT2D eigenvalue weighted by molar-refractivity contribution is 8.26. The highest BCUT2D eigenvalue weighted by Gasteiger charge is 2.41. The van der Waals surface area contributed by atoms with Gasteiger partial charge in [-0.2, -0.15) is 10.1 Å². The number of nitro groups is 1. The molecule has 0 bridgehead atoms. The van der Waals surface area contributed by atoms with Crippen molar-refractivity contribution in [2.75, 3.05) is 11.9 Å². The monoisotopic (exact) mass is 440 g/mol. The Morgan fingerprint density at radius 3 is 2.67 bits per heavy atom. The van der Waals surface area contributed by atoms with Gasteiger partial charge >= 0.3 is 0 Å². The van der Waals surface area contributed by atoms with Gasteiger partial charge in [-0.15, -0.1) is 0 Å². The number of thiocarbonyl (C=S) groups is 1. The van der Waals surface area contributed by atoms with E-state index < -0.39 is 10.8 Å². The molecule has 9 nitrogen and oxygen atoms in total. The van der Waals surface area contributed by atoms with E-state index in [0.717, 1.165) is 41.2 Å². The second kappa shape index (κ2) is 7.35. The van der Waals surface area contributed by atoms with E-state index in [1.54, 1.807) is 31.3 Å². The molecule has 0 saturated carbocycles. The molecule has 11 heteroatoms. The topological polar surface area (TPSA) is 116 Å². The lowest BCUT2D eigenvalue weighted by Crippen LogP contribution is -2.24. The molecule has 0 atom stereocenters. The number of para-hydroxylation sites is 1. The van der Waals surface area contributed by atoms with Crippen LogP contribution < -0.4 is 4.90 Å². The number of fused-ring (bicyclic) bond motifs is 1. The van der Waals surface area contributed by atoms with E-state index in [1.807, 2.05) is 0 Å². The smallest absolute Gasteiger partial charge is 0.287 e. The minimum atomic E-state index is -0.611. The summed E-state index contributed by atoms with van der Waals surface area (Å²) in [5.74, 6) is -1.15. The number of anilines is 1. The zero-order chi connectivity index (χ0) is 21.6. The summed E-state index contributed by atoms with van der Waals surface area (Å²) in [7, 11) is 1.62. The number of hydrazone groups is 1. The van der Waals surface area contributed by atoms with Crippen LogP contribution in [0.3, 0.4) is 0 Å². The summed E-state index contributed by atoms with van der Waals surface area (Å²) in [6, 6.07) is 10.5. The minimum Gasteiger partial charge on any atom is -0.507 e. The number of nitrogens with zero attached hydrogens (tertiary/aromatic N) is 4. The van der Waals surface area contributed by atoms with Crippen molar-refractivity contribution in [1.29, 1.82) is 0 Å². The first-order valence-corrected chi connectivity index (χ1v) is 9.71. The Balaban J connectivity index is 1.71. The minimum absolute atomic E-state index is 0.0490. The lowest BCUT2D eigenvalue weighted by Gasteiger charge is -2.08. The maximum absolute atomic E-state index is 13.0. The van der Waals surface area contributed by atoms with Crippen molar-refractivity contribution in [2.24, 2.45) is 5.10 Å². The van der Waals surface area contributed by atoms with Crippen LogP contribution in [0.2, 0.25) is 0 Å². The third-order valence-corrected chi connectivity index (χ3v) is 5.92. The van der Waals surface area contributed by atoms with Crippen LogP contribution in [-0.2, 0) is 9.59 Å². The van der Waals surface area contributed by atoms with E-state index in [2.05, 4.69) is 5.10 Å². The van der Waals surface area contributed by atoms with Crippen molar-refractivity contribution in [3.05, 3.63) is 68.6 Å². The Morgan fingerprint density at radius 2 is 1.93 bits per heavy atom. The molecule has 1 fully saturated rings. The molecule has 1 saturated heterocycles. The average molecular weight is 440 g/mol. The third-order valence-electron chi connectivity index (χ3n) is 4.56. The molecule has 2 aromatic carbocycles. The van der Waals surface area contributed by atoms with Crippen LogP contribution in [0.4, 0.5) is 11.4 Å². The van der Waals surface area contributed by atoms with Crippen molar-refractivity contribution < 1.29 is 19.6 Å². The van der Waals surface area contributed by atoms with Crippen LogP contribution in [0.5, 0.6) is 5.75 Å². The molecule has 0 aromatic heterocycles. The number of phenols is 1. The first-order valence-electron chi connectivity index (χ1n) is 8.49. The molecule has 1 N–H and O–H groups in total. The van der Waals surface area contributed by atoms with E-state index in [1.165, 1.54) is 4.90 Å². The molecule has 2 aliphatic heterocycles. The fraction of sp³-hybridized carbons (Fsp3) is 0.0526. The summed E-state index contributed by atoms with van der Waals surface area (Å²) in [5.41, 5.74) is 1.38. The summed E-state index contributed by atoms with van der Waals surface area (Å²) in [4.78, 5) is 37.6. The van der Waals surface area contributed by atoms with Crippen molar-refractivity contribution in [2.45, 2.75) is 0 Å². The van der Waals surface area contributed by atoms with Crippen molar-refractivity contribution >= 4 is 63.3 Å². The zero-order valence-corrected chi connectivity index (χ0v) is 16.9. The molecule has 2 aliphatic rings. The first kappa shape index (κ1) is 19.7. The molecule has 0 unspecified atom stereocenters. The quantitative estimate of drug-likeness (QED) is 0.256. The number of amides is 2. The van der Waals surface area contributed by atoms with E-state index in [9.17, 15) is 24.8 Å². The number of carbonyl (C=O) groups excluding carboxylic acids is 2. The summed E-state index contributed by atoms with van der Waals surface area (Å²) in [6.45, 7) is 0. The predicted molar refractivity (Wildman–Crippen MR) is 116 cm³/mol. The molecule has 2 heterocycles. The van der Waals surface area contributed by atoms with Crippen molar-refractivity contribution in [1.82, 2.24) is 5.01 Å². The Labute approximate surface area is 179 Å². The maximum atomic E-state index is 13.0. The molecule has 0 spiro atoms. The number of thioether (sulfide) groups is 1. The Hall–Kier alpha value is -3.57. The second-order valence-corrected chi connectivity index (χ2v) is 7.96. The summed E-state index contributed by atoms with van der Waals surface area (Å²) >= 11 is 6.19. The molecule has 30 heavy (non-hydrogen) atoms. The molecule has 0 aliphatic carbocycles. The molecule has 2 amide bonds. The van der Waals surface area contributed by atoms with Gasteiger partial charge in [-0.3, -0.25) is 19.7 Å². The van der Waals surface area contributed by atoms with Crippen LogP contribution in [0, 0.1) is 10.1 Å². The standard InChI is InChI=1S/C19H12N4O5S2/c1-21-13-5-3-2-4-12(13)15(17(21)25)16-18(26)22(19(29)30-16)20-9-10-8-11(23(27)28)6-7-14(10)24/h2-9,24H,1H3/b16-15-,20-9+. The Morgan fingerprint density at radius 1 is 1.20 bits per heavy atom. The van der Waals surface area contributed by atoms with Gasteiger partial charge in [0.1, 0.15) is 5.75 Å². The highest BCUT2D eigenvalue weighted by Crippen LogP contribution is 2.44. The Bertz CT molecular complexity index is 1210. The lowest BCUT2D eigenvalue weighted by molar-refractivity contribution is -0.384. The number of hydrogen-bond acceptors (Lipinski definition) is 8. The molecule has 0 radical (unpaired) electrons. The largest absolute Gasteiger partial charge is 0.507 e. The van der Waals surface area contributed by atoms with Crippen LogP contribution in [0.25, 0.3) is 5.57 Å². The Kier molecular flexibility index (Phi) is 4.84. The number of benzene rings is 2. The van der Waals surface area contributed by atoms with Gasteiger partial charge in [0.05, 0.1) is 27.3 Å². The van der Waals surface area contributed by atoms with Crippen molar-refractivity contribution in [3.8, 4) is 5.75 Å². The normalized spacial score (nSPS) is 18.6. The fourth-order valence-electron chi connectivity index (χ4n) is 3.08. The zero-order valence-electron chi connectivity index (χ0n) is 15.3. The number of non-ortho nitro benzene ring substituents is 1. The summed E-state index contributed by atoms with van der Waals surface area (Å²) in [6.07, 6.45) is 1.11. The van der Waals surface area contributed by atoms with Gasteiger partial charge in [-0.05, 0) is 24.4 Å². The van der Waals surface area contributed by atoms with Crippen LogP contribution in [0.1, 0.15) is 11.1 Å². The van der Waals surface area contributed by atoms with E-state index in [4.69, 9.17) is 12.2 Å². The van der Waals surface area contributed by atoms with Crippen LogP contribution in [-0.4, -0.2) is 44.4 Å². The average Bonchev–Trinajstić information content (AvgIpc) is 3.14. The number of likely N-dealkylation sites (N-methyl/N-ethyl adjacent to an activating group) is 1. The second-order valence-electron chi connectivity index (χ2n) is 6.32. The number of phenolic OH excluding ortho intramolecular Hbond substituents is 1. The molecule has 4 rings (SSSR count). The fourth-order valence-corrected chi connectivity index (χ4v) is 4.32. The SMILES string of the molecule is CN1C(=O)/C(=C2\SC(=S)N(/N=C/c3cc([N+](=O)[O-])ccc3O)C2=O)c2ccccc21. The molecular weight excluding hydrogens is 428 g/mol. The number of rotatable bonds is 3. The third kappa shape index (κ3) is 3.13.